The molecule has 0 bridgehead atoms. The molecule has 1 heterocycles. The van der Waals surface area contributed by atoms with Crippen molar-refractivity contribution in [2.45, 2.75) is 16.3 Å². The largest absolute Gasteiger partial charge is 0.293 e. The Morgan fingerprint density at radius 1 is 0.862 bits per heavy atom. The van der Waals surface area contributed by atoms with Crippen molar-refractivity contribution in [1.29, 1.82) is 0 Å². The van der Waals surface area contributed by atoms with Crippen molar-refractivity contribution in [3.8, 4) is 0 Å². The highest BCUT2D eigenvalue weighted by Gasteiger charge is 2.34. The van der Waals surface area contributed by atoms with Gasteiger partial charge in [0.2, 0.25) is 0 Å². The highest BCUT2D eigenvalue weighted by Crippen LogP contribution is 2.34. The normalized spacial score (nSPS) is 15.3. The maximum absolute atomic E-state index is 12.7. The van der Waals surface area contributed by atoms with Gasteiger partial charge in [-0.1, -0.05) is 65.8 Å². The van der Waals surface area contributed by atoms with Crippen LogP contribution in [0.25, 0.3) is 6.08 Å². The van der Waals surface area contributed by atoms with Crippen molar-refractivity contribution in [1.82, 2.24) is 4.90 Å². The van der Waals surface area contributed by atoms with Crippen LogP contribution < -0.4 is 0 Å². The van der Waals surface area contributed by atoms with E-state index in [9.17, 15) is 9.59 Å². The standard InChI is InChI=1S/C23H16ClNO2S2/c24-18-8-12-20(13-9-18)28-19-10-6-16(7-11-19)14-21-22(26)25(23(27)29-21)15-17-4-2-1-3-5-17/h1-14H,15H2/b21-14-. The van der Waals surface area contributed by atoms with Crippen LogP contribution in [0.4, 0.5) is 4.79 Å². The van der Waals surface area contributed by atoms with E-state index in [2.05, 4.69) is 0 Å². The maximum atomic E-state index is 12.7. The number of thioether (sulfide) groups is 1. The van der Waals surface area contributed by atoms with Crippen LogP contribution in [0, 0.1) is 0 Å². The van der Waals surface area contributed by atoms with E-state index in [1.54, 1.807) is 17.8 Å². The number of carbonyl (C=O) groups excluding carboxylic acids is 2. The van der Waals surface area contributed by atoms with Gasteiger partial charge in [-0.05, 0) is 65.4 Å². The second-order valence-corrected chi connectivity index (χ2v) is 8.96. The lowest BCUT2D eigenvalue weighted by Gasteiger charge is -2.12. The van der Waals surface area contributed by atoms with Gasteiger partial charge in [-0.3, -0.25) is 14.5 Å². The average molecular weight is 438 g/mol. The smallest absolute Gasteiger partial charge is 0.268 e. The molecule has 0 unspecified atom stereocenters. The lowest BCUT2D eigenvalue weighted by atomic mass is 10.2. The van der Waals surface area contributed by atoms with Crippen LogP contribution in [0.2, 0.25) is 5.02 Å². The SMILES string of the molecule is O=C1S/C(=C\c2ccc(Sc3ccc(Cl)cc3)cc2)C(=O)N1Cc1ccccc1. The number of imide groups is 1. The zero-order valence-corrected chi connectivity index (χ0v) is 17.6. The number of rotatable bonds is 5. The molecule has 1 aliphatic heterocycles. The lowest BCUT2D eigenvalue weighted by Crippen LogP contribution is -2.27. The minimum atomic E-state index is -0.247. The second kappa shape index (κ2) is 8.91. The Balaban J connectivity index is 1.45. The fourth-order valence-corrected chi connectivity index (χ4v) is 4.61. The van der Waals surface area contributed by atoms with Gasteiger partial charge in [0.25, 0.3) is 11.1 Å². The molecule has 4 rings (SSSR count). The zero-order chi connectivity index (χ0) is 20.2. The van der Waals surface area contributed by atoms with Crippen molar-refractivity contribution in [2.75, 3.05) is 0 Å². The number of hydrogen-bond donors (Lipinski definition) is 0. The van der Waals surface area contributed by atoms with Crippen molar-refractivity contribution < 1.29 is 9.59 Å². The monoisotopic (exact) mass is 437 g/mol. The van der Waals surface area contributed by atoms with E-state index < -0.39 is 0 Å². The molecule has 0 aromatic heterocycles. The fraction of sp³-hybridized carbons (Fsp3) is 0.0435. The van der Waals surface area contributed by atoms with Crippen LogP contribution in [0.3, 0.4) is 0 Å². The first kappa shape index (κ1) is 19.8. The van der Waals surface area contributed by atoms with Crippen LogP contribution in [0.5, 0.6) is 0 Å². The molecule has 6 heteroatoms. The van der Waals surface area contributed by atoms with Gasteiger partial charge in [0.05, 0.1) is 11.4 Å². The van der Waals surface area contributed by atoms with Gasteiger partial charge in [-0.2, -0.15) is 0 Å². The quantitative estimate of drug-likeness (QED) is 0.415. The van der Waals surface area contributed by atoms with Crippen molar-refractivity contribution >= 4 is 52.3 Å². The third-order valence-electron chi connectivity index (χ3n) is 4.28. The highest BCUT2D eigenvalue weighted by molar-refractivity contribution is 8.18. The Kier molecular flexibility index (Phi) is 6.09. The predicted molar refractivity (Wildman–Crippen MR) is 120 cm³/mol. The second-order valence-electron chi connectivity index (χ2n) is 6.38. The third-order valence-corrected chi connectivity index (χ3v) is 6.46. The van der Waals surface area contributed by atoms with Crippen LogP contribution >= 0.6 is 35.1 Å². The summed E-state index contributed by atoms with van der Waals surface area (Å²) in [5.74, 6) is -0.247. The summed E-state index contributed by atoms with van der Waals surface area (Å²) >= 11 is 8.54. The van der Waals surface area contributed by atoms with Gasteiger partial charge < -0.3 is 0 Å². The van der Waals surface area contributed by atoms with Crippen molar-refractivity contribution in [3.63, 3.8) is 0 Å². The number of halogens is 1. The highest BCUT2D eigenvalue weighted by atomic mass is 35.5. The molecule has 0 radical (unpaired) electrons. The first-order chi connectivity index (χ1) is 14.1. The summed E-state index contributed by atoms with van der Waals surface area (Å²) in [5, 5.41) is 0.478. The summed E-state index contributed by atoms with van der Waals surface area (Å²) in [6.45, 7) is 0.291. The molecule has 0 aliphatic carbocycles. The van der Waals surface area contributed by atoms with E-state index in [-0.39, 0.29) is 11.1 Å². The van der Waals surface area contributed by atoms with Gasteiger partial charge in [-0.25, -0.2) is 0 Å². The third kappa shape index (κ3) is 4.93. The minimum absolute atomic E-state index is 0.236. The van der Waals surface area contributed by atoms with E-state index in [0.717, 1.165) is 32.7 Å². The first-order valence-corrected chi connectivity index (χ1v) is 10.9. The molecule has 29 heavy (non-hydrogen) atoms. The number of carbonyl (C=O) groups is 2. The van der Waals surface area contributed by atoms with Gasteiger partial charge in [-0.15, -0.1) is 0 Å². The Labute approximate surface area is 182 Å². The van der Waals surface area contributed by atoms with E-state index >= 15 is 0 Å². The van der Waals surface area contributed by atoms with E-state index in [1.807, 2.05) is 78.9 Å². The van der Waals surface area contributed by atoms with Crippen LogP contribution in [0.1, 0.15) is 11.1 Å². The summed E-state index contributed by atoms with van der Waals surface area (Å²) in [5.41, 5.74) is 1.82. The van der Waals surface area contributed by atoms with Crippen molar-refractivity contribution in [2.24, 2.45) is 0 Å². The molecular formula is C23H16ClNO2S2. The minimum Gasteiger partial charge on any atom is -0.268 e. The van der Waals surface area contributed by atoms with Crippen LogP contribution in [-0.4, -0.2) is 16.0 Å². The molecule has 0 N–H and O–H groups in total. The molecular weight excluding hydrogens is 422 g/mol. The molecule has 3 aromatic carbocycles. The Hall–Kier alpha value is -2.47. The molecule has 0 atom stereocenters. The van der Waals surface area contributed by atoms with E-state index in [0.29, 0.717) is 16.5 Å². The summed E-state index contributed by atoms with van der Waals surface area (Å²) in [6, 6.07) is 25.1. The number of nitrogens with zero attached hydrogens (tertiary/aromatic N) is 1. The molecule has 0 saturated carbocycles. The molecule has 144 valence electrons. The van der Waals surface area contributed by atoms with Crippen molar-refractivity contribution in [3.05, 3.63) is 99.9 Å². The van der Waals surface area contributed by atoms with Crippen LogP contribution in [0.15, 0.2) is 93.6 Å². The summed E-state index contributed by atoms with van der Waals surface area (Å²) in [7, 11) is 0. The molecule has 3 nitrogen and oxygen atoms in total. The number of benzene rings is 3. The van der Waals surface area contributed by atoms with E-state index in [4.69, 9.17) is 11.6 Å². The first-order valence-electron chi connectivity index (χ1n) is 8.91. The lowest BCUT2D eigenvalue weighted by molar-refractivity contribution is -0.123. The fourth-order valence-electron chi connectivity index (χ4n) is 2.82. The summed E-state index contributed by atoms with van der Waals surface area (Å²) in [6.07, 6.45) is 1.77. The summed E-state index contributed by atoms with van der Waals surface area (Å²) < 4.78 is 0. The molecule has 0 spiro atoms. The van der Waals surface area contributed by atoms with E-state index in [1.165, 1.54) is 4.90 Å². The molecule has 1 aliphatic rings. The van der Waals surface area contributed by atoms with Gasteiger partial charge in [0.15, 0.2) is 0 Å². The zero-order valence-electron chi connectivity index (χ0n) is 15.2. The predicted octanol–water partition coefficient (Wildman–Crippen LogP) is 6.73. The summed E-state index contributed by atoms with van der Waals surface area (Å²) in [4.78, 5) is 28.9. The average Bonchev–Trinajstić information content (AvgIpc) is 2.99. The Morgan fingerprint density at radius 2 is 1.48 bits per heavy atom. The molecule has 1 saturated heterocycles. The number of amides is 2. The van der Waals surface area contributed by atoms with Gasteiger partial charge in [0.1, 0.15) is 0 Å². The van der Waals surface area contributed by atoms with Crippen LogP contribution in [-0.2, 0) is 11.3 Å². The van der Waals surface area contributed by atoms with Gasteiger partial charge in [0, 0.05) is 14.8 Å². The maximum Gasteiger partial charge on any atom is 0.293 e. The number of hydrogen-bond acceptors (Lipinski definition) is 4. The molecule has 1 fully saturated rings. The van der Waals surface area contributed by atoms with Gasteiger partial charge >= 0.3 is 0 Å². The Bertz CT molecular complexity index is 1060. The Morgan fingerprint density at radius 3 is 2.14 bits per heavy atom. The molecule has 2 amide bonds. The molecule has 3 aromatic rings. The topological polar surface area (TPSA) is 37.4 Å².